The maximum absolute atomic E-state index is 12.5. The lowest BCUT2D eigenvalue weighted by Gasteiger charge is -2.18. The Morgan fingerprint density at radius 1 is 1.04 bits per heavy atom. The third kappa shape index (κ3) is 4.34. The Morgan fingerprint density at radius 2 is 1.75 bits per heavy atom. The van der Waals surface area contributed by atoms with Crippen LogP contribution >= 0.6 is 11.3 Å². The number of anilines is 1. The molecule has 1 heterocycles. The first-order valence-electron chi connectivity index (χ1n) is 8.91. The molecule has 0 saturated carbocycles. The average Bonchev–Trinajstić information content (AvgIpc) is 3.15. The third-order valence-corrected chi connectivity index (χ3v) is 5.18. The zero-order chi connectivity index (χ0) is 20.3. The lowest BCUT2D eigenvalue weighted by Crippen LogP contribution is -2.14. The standard InChI is InChI=1S/C22H24N2O3S/c1-22(2,3)15-8-6-14(7-9-15)20(25)24-21-23-18(13-28-21)17-11-10-16(26-4)12-19(17)27-5/h6-13H,1-5H3,(H,23,24,25). The first kappa shape index (κ1) is 19.9. The van der Waals surface area contributed by atoms with E-state index in [1.807, 2.05) is 47.8 Å². The van der Waals surface area contributed by atoms with Gasteiger partial charge in [0.15, 0.2) is 5.13 Å². The molecule has 0 fully saturated rings. The van der Waals surface area contributed by atoms with Gasteiger partial charge in [0.05, 0.1) is 19.9 Å². The largest absolute Gasteiger partial charge is 0.497 e. The number of benzene rings is 2. The van der Waals surface area contributed by atoms with E-state index in [1.165, 1.54) is 16.9 Å². The van der Waals surface area contributed by atoms with Gasteiger partial charge in [0.1, 0.15) is 11.5 Å². The molecule has 2 aromatic carbocycles. The van der Waals surface area contributed by atoms with Gasteiger partial charge in [-0.3, -0.25) is 10.1 Å². The first-order chi connectivity index (χ1) is 13.3. The Balaban J connectivity index is 1.77. The number of ether oxygens (including phenoxy) is 2. The molecule has 0 spiro atoms. The molecule has 0 aliphatic rings. The van der Waals surface area contributed by atoms with Crippen LogP contribution in [0.1, 0.15) is 36.7 Å². The van der Waals surface area contributed by atoms with Crippen molar-refractivity contribution in [2.24, 2.45) is 0 Å². The van der Waals surface area contributed by atoms with Crippen molar-refractivity contribution >= 4 is 22.4 Å². The molecule has 1 amide bonds. The number of methoxy groups -OCH3 is 2. The minimum absolute atomic E-state index is 0.0522. The predicted molar refractivity (Wildman–Crippen MR) is 114 cm³/mol. The van der Waals surface area contributed by atoms with Crippen molar-refractivity contribution in [2.75, 3.05) is 19.5 Å². The summed E-state index contributed by atoms with van der Waals surface area (Å²) in [6.07, 6.45) is 0. The summed E-state index contributed by atoms with van der Waals surface area (Å²) in [5, 5.41) is 5.30. The van der Waals surface area contributed by atoms with Crippen LogP contribution in [0.15, 0.2) is 47.8 Å². The molecule has 0 atom stereocenters. The number of thiazole rings is 1. The Bertz CT molecular complexity index is 972. The van der Waals surface area contributed by atoms with E-state index in [0.717, 1.165) is 11.3 Å². The topological polar surface area (TPSA) is 60.5 Å². The number of carbonyl (C=O) groups is 1. The highest BCUT2D eigenvalue weighted by molar-refractivity contribution is 7.14. The number of carbonyl (C=O) groups excluding carboxylic acids is 1. The molecular formula is C22H24N2O3S. The van der Waals surface area contributed by atoms with E-state index in [-0.39, 0.29) is 11.3 Å². The summed E-state index contributed by atoms with van der Waals surface area (Å²) in [4.78, 5) is 17.1. The van der Waals surface area contributed by atoms with E-state index in [2.05, 4.69) is 31.1 Å². The van der Waals surface area contributed by atoms with Gasteiger partial charge < -0.3 is 9.47 Å². The number of hydrogen-bond acceptors (Lipinski definition) is 5. The SMILES string of the molecule is COc1ccc(-c2csc(NC(=O)c3ccc(C(C)(C)C)cc3)n2)c(OC)c1. The molecule has 3 aromatic rings. The molecule has 0 bridgehead atoms. The summed E-state index contributed by atoms with van der Waals surface area (Å²) in [6.45, 7) is 6.44. The lowest BCUT2D eigenvalue weighted by atomic mass is 9.87. The molecule has 0 radical (unpaired) electrons. The number of nitrogens with one attached hydrogen (secondary N) is 1. The van der Waals surface area contributed by atoms with E-state index in [4.69, 9.17) is 9.47 Å². The van der Waals surface area contributed by atoms with Crippen molar-refractivity contribution in [1.82, 2.24) is 4.98 Å². The van der Waals surface area contributed by atoms with Crippen molar-refractivity contribution in [3.8, 4) is 22.8 Å². The Labute approximate surface area is 169 Å². The summed E-state index contributed by atoms with van der Waals surface area (Å²) < 4.78 is 10.7. The van der Waals surface area contributed by atoms with Crippen LogP contribution in [-0.2, 0) is 5.41 Å². The monoisotopic (exact) mass is 396 g/mol. The van der Waals surface area contributed by atoms with E-state index in [0.29, 0.717) is 22.2 Å². The van der Waals surface area contributed by atoms with Crippen molar-refractivity contribution in [2.45, 2.75) is 26.2 Å². The smallest absolute Gasteiger partial charge is 0.257 e. The lowest BCUT2D eigenvalue weighted by molar-refractivity contribution is 0.102. The number of hydrogen-bond donors (Lipinski definition) is 1. The van der Waals surface area contributed by atoms with Crippen LogP contribution in [0.5, 0.6) is 11.5 Å². The van der Waals surface area contributed by atoms with Gasteiger partial charge in [-0.2, -0.15) is 0 Å². The van der Waals surface area contributed by atoms with Crippen LogP contribution in [-0.4, -0.2) is 25.1 Å². The minimum Gasteiger partial charge on any atom is -0.497 e. The van der Waals surface area contributed by atoms with Crippen LogP contribution in [0.3, 0.4) is 0 Å². The summed E-state index contributed by atoms with van der Waals surface area (Å²) in [5.41, 5.74) is 3.42. The third-order valence-electron chi connectivity index (χ3n) is 4.42. The summed E-state index contributed by atoms with van der Waals surface area (Å²) in [7, 11) is 3.22. The van der Waals surface area contributed by atoms with E-state index >= 15 is 0 Å². The van der Waals surface area contributed by atoms with E-state index in [9.17, 15) is 4.79 Å². The highest BCUT2D eigenvalue weighted by Crippen LogP contribution is 2.35. The molecule has 6 heteroatoms. The zero-order valence-electron chi connectivity index (χ0n) is 16.7. The molecule has 0 unspecified atom stereocenters. The van der Waals surface area contributed by atoms with E-state index < -0.39 is 0 Å². The Hall–Kier alpha value is -2.86. The van der Waals surface area contributed by atoms with E-state index in [1.54, 1.807) is 14.2 Å². The minimum atomic E-state index is -0.178. The van der Waals surface area contributed by atoms with Gasteiger partial charge in [0.2, 0.25) is 0 Å². The molecule has 5 nitrogen and oxygen atoms in total. The van der Waals surface area contributed by atoms with Crippen molar-refractivity contribution in [3.05, 3.63) is 59.0 Å². The molecule has 28 heavy (non-hydrogen) atoms. The quantitative estimate of drug-likeness (QED) is 0.629. The molecule has 146 valence electrons. The summed E-state index contributed by atoms with van der Waals surface area (Å²) >= 11 is 1.37. The van der Waals surface area contributed by atoms with Gasteiger partial charge in [-0.1, -0.05) is 32.9 Å². The second-order valence-electron chi connectivity index (χ2n) is 7.39. The fourth-order valence-corrected chi connectivity index (χ4v) is 3.46. The van der Waals surface area contributed by atoms with Gasteiger partial charge >= 0.3 is 0 Å². The van der Waals surface area contributed by atoms with Crippen molar-refractivity contribution in [3.63, 3.8) is 0 Å². The van der Waals surface area contributed by atoms with Crippen LogP contribution in [0.4, 0.5) is 5.13 Å². The highest BCUT2D eigenvalue weighted by atomic mass is 32.1. The second kappa shape index (κ2) is 8.02. The fraction of sp³-hybridized carbons (Fsp3) is 0.273. The van der Waals surface area contributed by atoms with Crippen LogP contribution in [0.25, 0.3) is 11.3 Å². The normalized spacial score (nSPS) is 11.2. The van der Waals surface area contributed by atoms with Gasteiger partial charge in [-0.25, -0.2) is 4.98 Å². The summed E-state index contributed by atoms with van der Waals surface area (Å²) in [5.74, 6) is 1.20. The van der Waals surface area contributed by atoms with Crippen LogP contribution < -0.4 is 14.8 Å². The molecule has 0 aliphatic heterocycles. The predicted octanol–water partition coefficient (Wildman–Crippen LogP) is 5.38. The van der Waals surface area contributed by atoms with Crippen molar-refractivity contribution in [1.29, 1.82) is 0 Å². The highest BCUT2D eigenvalue weighted by Gasteiger charge is 2.16. The number of nitrogens with zero attached hydrogens (tertiary/aromatic N) is 1. The number of rotatable bonds is 5. The van der Waals surface area contributed by atoms with Crippen molar-refractivity contribution < 1.29 is 14.3 Å². The maximum Gasteiger partial charge on any atom is 0.257 e. The first-order valence-corrected chi connectivity index (χ1v) is 9.79. The molecule has 0 aliphatic carbocycles. The van der Waals surface area contributed by atoms with Gasteiger partial charge in [-0.15, -0.1) is 11.3 Å². The Morgan fingerprint density at radius 3 is 2.36 bits per heavy atom. The number of amides is 1. The molecule has 3 rings (SSSR count). The molecule has 1 aromatic heterocycles. The fourth-order valence-electron chi connectivity index (χ4n) is 2.76. The maximum atomic E-state index is 12.5. The molecule has 0 saturated heterocycles. The van der Waals surface area contributed by atoms with Gasteiger partial charge in [0, 0.05) is 22.6 Å². The molecule has 1 N–H and O–H groups in total. The van der Waals surface area contributed by atoms with Gasteiger partial charge in [0.25, 0.3) is 5.91 Å². The van der Waals surface area contributed by atoms with Crippen LogP contribution in [0.2, 0.25) is 0 Å². The van der Waals surface area contributed by atoms with Crippen LogP contribution in [0, 0.1) is 0 Å². The Kier molecular flexibility index (Phi) is 5.70. The zero-order valence-corrected chi connectivity index (χ0v) is 17.5. The van der Waals surface area contributed by atoms with Gasteiger partial charge in [-0.05, 0) is 35.2 Å². The molecular weight excluding hydrogens is 372 g/mol. The number of aromatic nitrogens is 1. The second-order valence-corrected chi connectivity index (χ2v) is 8.24. The summed E-state index contributed by atoms with van der Waals surface area (Å²) in [6, 6.07) is 13.2. The average molecular weight is 397 g/mol.